The quantitative estimate of drug-likeness (QED) is 0.590. The summed E-state index contributed by atoms with van der Waals surface area (Å²) >= 11 is 6.14. The number of halogens is 1. The monoisotopic (exact) mass is 481 g/mol. The molecule has 2 heterocycles. The lowest BCUT2D eigenvalue weighted by atomic mass is 9.99. The van der Waals surface area contributed by atoms with Crippen molar-refractivity contribution >= 4 is 33.5 Å². The lowest BCUT2D eigenvalue weighted by Crippen LogP contribution is -2.45. The second-order valence-electron chi connectivity index (χ2n) is 7.81. The van der Waals surface area contributed by atoms with Gasteiger partial charge in [0.15, 0.2) is 0 Å². The standard InChI is InChI=1S/C22H28ClN3O5S/c1-4-31-22(28)19-14(2)25-15(3)20(19)32(29,30)26-11-7-9-17(13-26)21(27)24-12-16-8-5-6-10-18(16)23/h5-6,8,10,17,25H,4,7,9,11-13H2,1-3H3,(H,24,27)/t17-/m1/s1. The highest BCUT2D eigenvalue weighted by atomic mass is 35.5. The van der Waals surface area contributed by atoms with E-state index in [1.807, 2.05) is 18.2 Å². The molecule has 0 spiro atoms. The van der Waals surface area contributed by atoms with Crippen molar-refractivity contribution in [2.45, 2.75) is 45.1 Å². The molecule has 32 heavy (non-hydrogen) atoms. The maximum atomic E-state index is 13.5. The number of benzene rings is 1. The minimum atomic E-state index is -4.01. The number of aromatic amines is 1. The number of amides is 1. The molecule has 2 N–H and O–H groups in total. The molecule has 1 saturated heterocycles. The van der Waals surface area contributed by atoms with Gasteiger partial charge >= 0.3 is 5.97 Å². The first kappa shape index (κ1) is 24.3. The Morgan fingerprint density at radius 2 is 1.97 bits per heavy atom. The van der Waals surface area contributed by atoms with Gasteiger partial charge in [0.1, 0.15) is 10.5 Å². The van der Waals surface area contributed by atoms with Gasteiger partial charge in [0.2, 0.25) is 15.9 Å². The summed E-state index contributed by atoms with van der Waals surface area (Å²) in [6.45, 7) is 5.65. The van der Waals surface area contributed by atoms with Gasteiger partial charge in [-0.1, -0.05) is 29.8 Å². The first-order valence-electron chi connectivity index (χ1n) is 10.5. The number of sulfonamides is 1. The first-order chi connectivity index (χ1) is 15.2. The number of nitrogens with zero attached hydrogens (tertiary/aromatic N) is 1. The van der Waals surface area contributed by atoms with Gasteiger partial charge in [-0.2, -0.15) is 4.31 Å². The van der Waals surface area contributed by atoms with E-state index in [1.165, 1.54) is 4.31 Å². The van der Waals surface area contributed by atoms with Gasteiger partial charge < -0.3 is 15.0 Å². The van der Waals surface area contributed by atoms with Gasteiger partial charge in [-0.3, -0.25) is 4.79 Å². The number of H-pyrrole nitrogens is 1. The number of ether oxygens (including phenoxy) is 1. The zero-order valence-corrected chi connectivity index (χ0v) is 20.0. The Kier molecular flexibility index (Phi) is 7.63. The Labute approximate surface area is 193 Å². The molecule has 0 bridgehead atoms. The topological polar surface area (TPSA) is 109 Å². The molecule has 2 aromatic rings. The van der Waals surface area contributed by atoms with E-state index < -0.39 is 21.9 Å². The highest BCUT2D eigenvalue weighted by Crippen LogP contribution is 2.30. The summed E-state index contributed by atoms with van der Waals surface area (Å²) in [5.41, 5.74) is 1.62. The zero-order chi connectivity index (χ0) is 23.5. The molecule has 0 aliphatic carbocycles. The number of hydrogen-bond acceptors (Lipinski definition) is 5. The Morgan fingerprint density at radius 3 is 2.66 bits per heavy atom. The first-order valence-corrected chi connectivity index (χ1v) is 12.4. The number of piperidine rings is 1. The maximum Gasteiger partial charge on any atom is 0.341 e. The molecule has 10 heteroatoms. The van der Waals surface area contributed by atoms with Crippen molar-refractivity contribution in [3.05, 3.63) is 51.8 Å². The summed E-state index contributed by atoms with van der Waals surface area (Å²) in [6.07, 6.45) is 1.12. The van der Waals surface area contributed by atoms with Crippen molar-refractivity contribution in [3.63, 3.8) is 0 Å². The van der Waals surface area contributed by atoms with Crippen LogP contribution < -0.4 is 5.32 Å². The molecule has 0 unspecified atom stereocenters. The van der Waals surface area contributed by atoms with Crippen LogP contribution in [0.25, 0.3) is 0 Å². The molecule has 174 valence electrons. The van der Waals surface area contributed by atoms with E-state index in [2.05, 4.69) is 10.3 Å². The highest BCUT2D eigenvalue weighted by molar-refractivity contribution is 7.89. The fourth-order valence-electron chi connectivity index (χ4n) is 4.00. The van der Waals surface area contributed by atoms with E-state index in [0.717, 1.165) is 5.56 Å². The number of carbonyl (C=O) groups is 2. The van der Waals surface area contributed by atoms with Crippen molar-refractivity contribution in [1.82, 2.24) is 14.6 Å². The van der Waals surface area contributed by atoms with Gasteiger partial charge in [0, 0.05) is 36.0 Å². The van der Waals surface area contributed by atoms with E-state index in [4.69, 9.17) is 16.3 Å². The van der Waals surface area contributed by atoms with Crippen LogP contribution in [-0.4, -0.2) is 49.3 Å². The summed E-state index contributed by atoms with van der Waals surface area (Å²) in [6, 6.07) is 7.23. The second kappa shape index (κ2) is 10.1. The predicted octanol–water partition coefficient (Wildman–Crippen LogP) is 3.18. The van der Waals surface area contributed by atoms with Crippen molar-refractivity contribution in [2.24, 2.45) is 5.92 Å². The largest absolute Gasteiger partial charge is 0.462 e. The van der Waals surface area contributed by atoms with Crippen molar-refractivity contribution in [3.8, 4) is 0 Å². The molecule has 1 atom stereocenters. The Hall–Kier alpha value is -2.36. The molecule has 8 nitrogen and oxygen atoms in total. The molecule has 1 aromatic heterocycles. The van der Waals surface area contributed by atoms with Crippen LogP contribution in [0.15, 0.2) is 29.2 Å². The van der Waals surface area contributed by atoms with Crippen LogP contribution in [0.5, 0.6) is 0 Å². The van der Waals surface area contributed by atoms with Gasteiger partial charge in [-0.25, -0.2) is 13.2 Å². The molecule has 1 aromatic carbocycles. The molecular formula is C22H28ClN3O5S. The Bertz CT molecular complexity index is 1110. The van der Waals surface area contributed by atoms with Crippen molar-refractivity contribution in [1.29, 1.82) is 0 Å². The van der Waals surface area contributed by atoms with E-state index in [-0.39, 0.29) is 42.6 Å². The molecule has 1 aliphatic rings. The normalized spacial score (nSPS) is 17.2. The minimum absolute atomic E-state index is 0.0228. The van der Waals surface area contributed by atoms with E-state index in [0.29, 0.717) is 29.3 Å². The van der Waals surface area contributed by atoms with Crippen LogP contribution in [0.4, 0.5) is 0 Å². The third kappa shape index (κ3) is 5.00. The van der Waals surface area contributed by atoms with E-state index in [9.17, 15) is 18.0 Å². The SMILES string of the molecule is CCOC(=O)c1c(C)[nH]c(C)c1S(=O)(=O)N1CCC[C@@H](C(=O)NCc2ccccc2Cl)C1. The van der Waals surface area contributed by atoms with Crippen LogP contribution in [0, 0.1) is 19.8 Å². The van der Waals surface area contributed by atoms with Crippen LogP contribution in [0.3, 0.4) is 0 Å². The summed E-state index contributed by atoms with van der Waals surface area (Å²) in [7, 11) is -4.01. The number of carbonyl (C=O) groups excluding carboxylic acids is 2. The van der Waals surface area contributed by atoms with E-state index in [1.54, 1.807) is 26.8 Å². The van der Waals surface area contributed by atoms with Gasteiger partial charge in [-0.15, -0.1) is 0 Å². The lowest BCUT2D eigenvalue weighted by Gasteiger charge is -2.31. The average molecular weight is 482 g/mol. The molecule has 1 fully saturated rings. The number of rotatable bonds is 7. The summed E-state index contributed by atoms with van der Waals surface area (Å²) < 4.78 is 33.3. The summed E-state index contributed by atoms with van der Waals surface area (Å²) in [4.78, 5) is 28.1. The zero-order valence-electron chi connectivity index (χ0n) is 18.4. The molecule has 0 radical (unpaired) electrons. The second-order valence-corrected chi connectivity index (χ2v) is 10.1. The smallest absolute Gasteiger partial charge is 0.341 e. The number of aromatic nitrogens is 1. The fraction of sp³-hybridized carbons (Fsp3) is 0.455. The summed E-state index contributed by atoms with van der Waals surface area (Å²) in [5.74, 6) is -1.40. The summed E-state index contributed by atoms with van der Waals surface area (Å²) in [5, 5.41) is 3.42. The highest BCUT2D eigenvalue weighted by Gasteiger charge is 2.38. The third-order valence-electron chi connectivity index (χ3n) is 5.56. The third-order valence-corrected chi connectivity index (χ3v) is 7.97. The van der Waals surface area contributed by atoms with Crippen LogP contribution in [-0.2, 0) is 26.1 Å². The number of esters is 1. The molecule has 1 aliphatic heterocycles. The average Bonchev–Trinajstić information content (AvgIpc) is 3.07. The van der Waals surface area contributed by atoms with Gasteiger partial charge in [0.25, 0.3) is 0 Å². The van der Waals surface area contributed by atoms with Crippen LogP contribution in [0.2, 0.25) is 5.02 Å². The Morgan fingerprint density at radius 1 is 1.25 bits per heavy atom. The van der Waals surface area contributed by atoms with E-state index >= 15 is 0 Å². The van der Waals surface area contributed by atoms with Crippen molar-refractivity contribution in [2.75, 3.05) is 19.7 Å². The number of hydrogen-bond donors (Lipinski definition) is 2. The fourth-order valence-corrected chi connectivity index (χ4v) is 6.14. The molecule has 1 amide bonds. The van der Waals surface area contributed by atoms with Gasteiger partial charge in [0.05, 0.1) is 12.5 Å². The number of aryl methyl sites for hydroxylation is 2. The Balaban J connectivity index is 1.78. The van der Waals surface area contributed by atoms with Crippen LogP contribution >= 0.6 is 11.6 Å². The number of nitrogens with one attached hydrogen (secondary N) is 2. The maximum absolute atomic E-state index is 13.5. The van der Waals surface area contributed by atoms with Crippen LogP contribution in [0.1, 0.15) is 47.1 Å². The van der Waals surface area contributed by atoms with Gasteiger partial charge in [-0.05, 0) is 45.2 Å². The minimum Gasteiger partial charge on any atom is -0.462 e. The predicted molar refractivity (Wildman–Crippen MR) is 121 cm³/mol. The molecular weight excluding hydrogens is 454 g/mol. The van der Waals surface area contributed by atoms with Crippen molar-refractivity contribution < 1.29 is 22.7 Å². The molecule has 0 saturated carbocycles. The molecule has 3 rings (SSSR count). The lowest BCUT2D eigenvalue weighted by molar-refractivity contribution is -0.126.